The fraction of sp³-hybridized carbons (Fsp3) is 0.500. The molecule has 1 aromatic rings. The quantitative estimate of drug-likeness (QED) is 0.862. The first-order valence-corrected chi connectivity index (χ1v) is 7.93. The van der Waals surface area contributed by atoms with Crippen LogP contribution in [-0.2, 0) is 9.53 Å². The van der Waals surface area contributed by atoms with E-state index in [0.717, 1.165) is 0 Å². The first-order chi connectivity index (χ1) is 11.3. The number of nitrogens with zero attached hydrogens (tertiary/aromatic N) is 1. The number of morpholine rings is 1. The molecule has 2 N–H and O–H groups in total. The van der Waals surface area contributed by atoms with E-state index in [1.807, 2.05) is 13.8 Å². The second-order valence-corrected chi connectivity index (χ2v) is 6.12. The SMILES string of the molecule is COc1cc(C(=O)N2C[C@@H](C)O[C@H](C)C2)cc(Cl)c1OCC(N)=O. The number of carbonyl (C=O) groups excluding carboxylic acids is 2. The molecule has 0 aromatic heterocycles. The van der Waals surface area contributed by atoms with Crippen LogP contribution in [0.1, 0.15) is 24.2 Å². The maximum Gasteiger partial charge on any atom is 0.255 e. The van der Waals surface area contributed by atoms with Crippen molar-refractivity contribution in [3.05, 3.63) is 22.7 Å². The predicted octanol–water partition coefficient (Wildman–Crippen LogP) is 1.46. The fourth-order valence-electron chi connectivity index (χ4n) is 2.65. The summed E-state index contributed by atoms with van der Waals surface area (Å²) < 4.78 is 16.1. The van der Waals surface area contributed by atoms with Crippen molar-refractivity contribution in [3.63, 3.8) is 0 Å². The molecule has 0 spiro atoms. The molecular weight excluding hydrogens is 336 g/mol. The number of nitrogens with two attached hydrogens (primary N) is 1. The number of ether oxygens (including phenoxy) is 3. The number of hydrogen-bond donors (Lipinski definition) is 1. The molecule has 1 aromatic carbocycles. The first-order valence-electron chi connectivity index (χ1n) is 7.55. The van der Waals surface area contributed by atoms with Crippen LogP contribution in [0.4, 0.5) is 0 Å². The molecule has 2 rings (SSSR count). The molecule has 24 heavy (non-hydrogen) atoms. The first kappa shape index (κ1) is 18.4. The van der Waals surface area contributed by atoms with Crippen molar-refractivity contribution >= 4 is 23.4 Å². The average molecular weight is 357 g/mol. The van der Waals surface area contributed by atoms with Gasteiger partial charge in [0.15, 0.2) is 18.1 Å². The van der Waals surface area contributed by atoms with E-state index in [0.29, 0.717) is 18.7 Å². The number of methoxy groups -OCH3 is 1. The summed E-state index contributed by atoms with van der Waals surface area (Å²) in [4.78, 5) is 25.3. The number of primary amides is 1. The molecule has 7 nitrogen and oxygen atoms in total. The van der Waals surface area contributed by atoms with Crippen LogP contribution >= 0.6 is 11.6 Å². The second kappa shape index (κ2) is 7.72. The highest BCUT2D eigenvalue weighted by Crippen LogP contribution is 2.36. The van der Waals surface area contributed by atoms with Gasteiger partial charge in [0.1, 0.15) is 0 Å². The Bertz CT molecular complexity index is 627. The van der Waals surface area contributed by atoms with E-state index < -0.39 is 5.91 Å². The van der Waals surface area contributed by atoms with Gasteiger partial charge in [0.05, 0.1) is 24.3 Å². The molecule has 0 radical (unpaired) electrons. The molecule has 0 aliphatic carbocycles. The van der Waals surface area contributed by atoms with E-state index in [4.69, 9.17) is 31.5 Å². The van der Waals surface area contributed by atoms with Crippen LogP contribution in [0.15, 0.2) is 12.1 Å². The molecule has 1 aliphatic rings. The van der Waals surface area contributed by atoms with Crippen molar-refractivity contribution in [2.45, 2.75) is 26.1 Å². The molecule has 1 fully saturated rings. The lowest BCUT2D eigenvalue weighted by atomic mass is 10.1. The zero-order chi connectivity index (χ0) is 17.9. The van der Waals surface area contributed by atoms with Gasteiger partial charge in [0.2, 0.25) is 0 Å². The van der Waals surface area contributed by atoms with Gasteiger partial charge in [-0.1, -0.05) is 11.6 Å². The molecule has 8 heteroatoms. The molecule has 0 unspecified atom stereocenters. The van der Waals surface area contributed by atoms with Crippen LogP contribution in [0.25, 0.3) is 0 Å². The van der Waals surface area contributed by atoms with Crippen LogP contribution in [-0.4, -0.2) is 55.7 Å². The third-order valence-corrected chi connectivity index (χ3v) is 3.82. The summed E-state index contributed by atoms with van der Waals surface area (Å²) in [6.07, 6.45) is -0.0681. The standard InChI is InChI=1S/C16H21ClN2O5/c1-9-6-19(7-10(2)24-9)16(21)11-4-12(17)15(13(5-11)22-3)23-8-14(18)20/h4-5,9-10H,6-8H2,1-3H3,(H2,18,20)/t9-,10-/m1/s1. The minimum Gasteiger partial charge on any atom is -0.493 e. The van der Waals surface area contributed by atoms with E-state index in [-0.39, 0.29) is 41.2 Å². The number of benzene rings is 1. The monoisotopic (exact) mass is 356 g/mol. The van der Waals surface area contributed by atoms with Gasteiger partial charge < -0.3 is 24.8 Å². The predicted molar refractivity (Wildman–Crippen MR) is 88.6 cm³/mol. The van der Waals surface area contributed by atoms with E-state index in [1.54, 1.807) is 4.90 Å². The number of rotatable bonds is 5. The summed E-state index contributed by atoms with van der Waals surface area (Å²) in [6, 6.07) is 3.03. The van der Waals surface area contributed by atoms with E-state index >= 15 is 0 Å². The van der Waals surface area contributed by atoms with Gasteiger partial charge in [-0.3, -0.25) is 9.59 Å². The maximum atomic E-state index is 12.7. The van der Waals surface area contributed by atoms with Crippen LogP contribution in [0.3, 0.4) is 0 Å². The minimum absolute atomic E-state index is 0.0340. The number of hydrogen-bond acceptors (Lipinski definition) is 5. The molecule has 1 aliphatic heterocycles. The Morgan fingerprint density at radius 3 is 2.50 bits per heavy atom. The molecule has 0 saturated carbocycles. The number of carbonyl (C=O) groups is 2. The topological polar surface area (TPSA) is 91.1 Å². The second-order valence-electron chi connectivity index (χ2n) is 5.71. The van der Waals surface area contributed by atoms with Crippen LogP contribution in [0, 0.1) is 0 Å². The lowest BCUT2D eigenvalue weighted by molar-refractivity contribution is -0.119. The molecule has 2 amide bonds. The summed E-state index contributed by atoms with van der Waals surface area (Å²) >= 11 is 6.18. The van der Waals surface area contributed by atoms with Gasteiger partial charge in [0.25, 0.3) is 11.8 Å². The van der Waals surface area contributed by atoms with Gasteiger partial charge in [-0.05, 0) is 26.0 Å². The Labute approximate surface area is 145 Å². The molecule has 1 saturated heterocycles. The Hall–Kier alpha value is -1.99. The van der Waals surface area contributed by atoms with Gasteiger partial charge in [-0.2, -0.15) is 0 Å². The van der Waals surface area contributed by atoms with Crippen LogP contribution < -0.4 is 15.2 Å². The van der Waals surface area contributed by atoms with E-state index in [2.05, 4.69) is 0 Å². The summed E-state index contributed by atoms with van der Waals surface area (Å²) in [7, 11) is 1.43. The Balaban J connectivity index is 2.25. The van der Waals surface area contributed by atoms with E-state index in [1.165, 1.54) is 19.2 Å². The van der Waals surface area contributed by atoms with Gasteiger partial charge >= 0.3 is 0 Å². The van der Waals surface area contributed by atoms with Crippen molar-refractivity contribution in [2.24, 2.45) is 5.73 Å². The smallest absolute Gasteiger partial charge is 0.255 e. The van der Waals surface area contributed by atoms with E-state index in [9.17, 15) is 9.59 Å². The fourth-order valence-corrected chi connectivity index (χ4v) is 2.92. The van der Waals surface area contributed by atoms with Crippen LogP contribution in [0.5, 0.6) is 11.5 Å². The largest absolute Gasteiger partial charge is 0.493 e. The maximum absolute atomic E-state index is 12.7. The summed E-state index contributed by atoms with van der Waals surface area (Å²) in [5.74, 6) is -0.358. The average Bonchev–Trinajstić information content (AvgIpc) is 2.51. The minimum atomic E-state index is -0.635. The molecule has 2 atom stereocenters. The van der Waals surface area contributed by atoms with Crippen molar-refractivity contribution in [1.29, 1.82) is 0 Å². The molecule has 132 valence electrons. The highest BCUT2D eigenvalue weighted by molar-refractivity contribution is 6.32. The van der Waals surface area contributed by atoms with Crippen LogP contribution in [0.2, 0.25) is 5.02 Å². The molecule has 1 heterocycles. The number of halogens is 1. The van der Waals surface area contributed by atoms with Crippen molar-refractivity contribution in [3.8, 4) is 11.5 Å². The zero-order valence-corrected chi connectivity index (χ0v) is 14.6. The zero-order valence-electron chi connectivity index (χ0n) is 13.9. The van der Waals surface area contributed by atoms with Crippen molar-refractivity contribution in [2.75, 3.05) is 26.8 Å². The normalized spacial score (nSPS) is 20.6. The highest BCUT2D eigenvalue weighted by Gasteiger charge is 2.28. The lowest BCUT2D eigenvalue weighted by Crippen LogP contribution is -2.48. The van der Waals surface area contributed by atoms with Gasteiger partial charge in [-0.15, -0.1) is 0 Å². The van der Waals surface area contributed by atoms with Gasteiger partial charge in [0, 0.05) is 18.7 Å². The Morgan fingerprint density at radius 2 is 1.96 bits per heavy atom. The van der Waals surface area contributed by atoms with Crippen molar-refractivity contribution in [1.82, 2.24) is 4.90 Å². The Kier molecular flexibility index (Phi) is 5.90. The van der Waals surface area contributed by atoms with Gasteiger partial charge in [-0.25, -0.2) is 0 Å². The number of amides is 2. The van der Waals surface area contributed by atoms with Crippen molar-refractivity contribution < 1.29 is 23.8 Å². The third kappa shape index (κ3) is 4.30. The summed E-state index contributed by atoms with van der Waals surface area (Å²) in [6.45, 7) is 4.52. The Morgan fingerprint density at radius 1 is 1.33 bits per heavy atom. The highest BCUT2D eigenvalue weighted by atomic mass is 35.5. The summed E-state index contributed by atoms with van der Waals surface area (Å²) in [5.41, 5.74) is 5.44. The lowest BCUT2D eigenvalue weighted by Gasteiger charge is -2.35. The molecular formula is C16H21ClN2O5. The molecule has 0 bridgehead atoms. The summed E-state index contributed by atoms with van der Waals surface area (Å²) in [5, 5.41) is 0.174. The third-order valence-electron chi connectivity index (χ3n) is 3.54.